The Morgan fingerprint density at radius 3 is 0.596 bits per heavy atom. The van der Waals surface area contributed by atoms with Gasteiger partial charge in [0.25, 0.3) is 16.6 Å². The second-order valence-corrected chi connectivity index (χ2v) is 18.4. The molecule has 4 nitrogen and oxygen atoms in total. The van der Waals surface area contributed by atoms with Crippen LogP contribution in [0, 0.1) is 0 Å². The summed E-state index contributed by atoms with van der Waals surface area (Å²) in [6.07, 6.45) is 7.15. The molecule has 0 radical (unpaired) electrons. The van der Waals surface area contributed by atoms with Gasteiger partial charge in [0.2, 0.25) is 0 Å². The smallest absolute Gasteiger partial charge is 0.285 e. The molecule has 0 saturated carbocycles. The largest absolute Gasteiger partial charge is 0.421 e. The van der Waals surface area contributed by atoms with Gasteiger partial charge in [0, 0.05) is 24.8 Å². The molecular formula is C46H40N2O2Si2. The molecule has 0 spiro atoms. The Hall–Kier alpha value is -6.03. The highest BCUT2D eigenvalue weighted by molar-refractivity contribution is 7.06. The molecule has 0 saturated heterocycles. The summed E-state index contributed by atoms with van der Waals surface area (Å²) in [5, 5.41) is 6.07. The van der Waals surface area contributed by atoms with Crippen LogP contribution < -0.4 is 31.1 Å². The molecule has 2 heterocycles. The molecule has 2 aromatic heterocycles. The fourth-order valence-electron chi connectivity index (χ4n) is 6.16. The van der Waals surface area contributed by atoms with Crippen molar-refractivity contribution >= 4 is 47.8 Å². The van der Waals surface area contributed by atoms with Crippen LogP contribution in [0.25, 0.3) is 11.1 Å². The Bertz CT molecular complexity index is 1830. The highest BCUT2D eigenvalue weighted by Crippen LogP contribution is 2.15. The number of hydrogen-bond acceptors (Lipinski definition) is 4. The van der Waals surface area contributed by atoms with Gasteiger partial charge in [-0.15, -0.1) is 0 Å². The molecule has 8 aromatic rings. The van der Waals surface area contributed by atoms with Crippen molar-refractivity contribution in [2.45, 2.75) is 0 Å². The van der Waals surface area contributed by atoms with E-state index in [4.69, 9.17) is 0 Å². The minimum absolute atomic E-state index is 1.01. The van der Waals surface area contributed by atoms with Crippen LogP contribution in [0.1, 0.15) is 0 Å². The highest BCUT2D eigenvalue weighted by Gasteiger charge is 2.38. The van der Waals surface area contributed by atoms with Crippen molar-refractivity contribution in [2.75, 3.05) is 0 Å². The Morgan fingerprint density at radius 1 is 0.250 bits per heavy atom. The Morgan fingerprint density at radius 2 is 0.423 bits per heavy atom. The van der Waals surface area contributed by atoms with E-state index in [1.54, 1.807) is 24.8 Å². The quantitative estimate of drug-likeness (QED) is 0.171. The van der Waals surface area contributed by atoms with E-state index in [0.717, 1.165) is 31.1 Å². The summed E-state index contributed by atoms with van der Waals surface area (Å²) in [6, 6.07) is 67.9. The second-order valence-electron chi connectivity index (χ2n) is 12.1. The SMILES string of the molecule is O[Si](c1ccccc1)(c1ccccc1)c1ccccc1.O[Si](c1ccccc1)(c1ccccc1)c1ccccc1.c1cc(-c2ccncc2)ccn1. The van der Waals surface area contributed by atoms with E-state index in [1.165, 1.54) is 11.1 Å². The van der Waals surface area contributed by atoms with Crippen LogP contribution in [0.3, 0.4) is 0 Å². The highest BCUT2D eigenvalue weighted by atomic mass is 28.4. The standard InChI is InChI=1S/2C18H16OSi.C10H8N2/c2*19-20(16-10-4-1-5-11-16,17-12-6-2-7-13-17)18-14-8-3-9-15-18;1-5-11-6-2-9(1)10-3-7-12-8-4-10/h2*1-15,19H;1-8H. The van der Waals surface area contributed by atoms with Crippen LogP contribution in [-0.2, 0) is 0 Å². The van der Waals surface area contributed by atoms with Gasteiger partial charge in [-0.1, -0.05) is 182 Å². The van der Waals surface area contributed by atoms with Crippen LogP contribution >= 0.6 is 0 Å². The minimum atomic E-state index is -2.88. The number of benzene rings is 6. The van der Waals surface area contributed by atoms with Crippen molar-refractivity contribution in [3.63, 3.8) is 0 Å². The molecule has 6 heteroatoms. The Labute approximate surface area is 308 Å². The zero-order valence-electron chi connectivity index (χ0n) is 28.7. The summed E-state index contributed by atoms with van der Waals surface area (Å²) in [7, 11) is -5.76. The normalized spacial score (nSPS) is 10.9. The van der Waals surface area contributed by atoms with E-state index in [-0.39, 0.29) is 0 Å². The molecule has 52 heavy (non-hydrogen) atoms. The third kappa shape index (κ3) is 8.46. The number of rotatable bonds is 7. The molecule has 0 bridgehead atoms. The Kier molecular flexibility index (Phi) is 12.2. The predicted molar refractivity (Wildman–Crippen MR) is 220 cm³/mol. The van der Waals surface area contributed by atoms with Crippen molar-refractivity contribution in [2.24, 2.45) is 0 Å². The van der Waals surface area contributed by atoms with Crippen LogP contribution in [0.4, 0.5) is 0 Å². The van der Waals surface area contributed by atoms with Gasteiger partial charge in [-0.3, -0.25) is 9.97 Å². The van der Waals surface area contributed by atoms with Crippen LogP contribution in [-0.4, -0.2) is 36.2 Å². The summed E-state index contributed by atoms with van der Waals surface area (Å²) >= 11 is 0. The van der Waals surface area contributed by atoms with Gasteiger partial charge in [0.1, 0.15) is 0 Å². The lowest BCUT2D eigenvalue weighted by molar-refractivity contribution is 0.582. The summed E-state index contributed by atoms with van der Waals surface area (Å²) in [4.78, 5) is 31.0. The monoisotopic (exact) mass is 708 g/mol. The van der Waals surface area contributed by atoms with E-state index >= 15 is 0 Å². The van der Waals surface area contributed by atoms with Crippen LogP contribution in [0.15, 0.2) is 231 Å². The van der Waals surface area contributed by atoms with Gasteiger partial charge in [-0.25, -0.2) is 0 Å². The maximum atomic E-state index is 11.6. The van der Waals surface area contributed by atoms with E-state index in [1.807, 2.05) is 206 Å². The van der Waals surface area contributed by atoms with Crippen molar-refractivity contribution < 1.29 is 9.59 Å². The average Bonchev–Trinajstić information content (AvgIpc) is 3.26. The first-order valence-corrected chi connectivity index (χ1v) is 21.1. The van der Waals surface area contributed by atoms with Crippen LogP contribution in [0.2, 0.25) is 0 Å². The lowest BCUT2D eigenvalue weighted by Gasteiger charge is -2.26. The second kappa shape index (κ2) is 17.8. The third-order valence-corrected chi connectivity index (χ3v) is 15.9. The molecule has 0 aliphatic carbocycles. The maximum Gasteiger partial charge on any atom is 0.285 e. The summed E-state index contributed by atoms with van der Waals surface area (Å²) in [5.74, 6) is 0. The van der Waals surface area contributed by atoms with Gasteiger partial charge in [-0.2, -0.15) is 0 Å². The number of nitrogens with zero attached hydrogens (tertiary/aromatic N) is 2. The van der Waals surface area contributed by atoms with Crippen molar-refractivity contribution in [1.82, 2.24) is 9.97 Å². The molecule has 0 aliphatic heterocycles. The van der Waals surface area contributed by atoms with E-state index in [2.05, 4.69) is 9.97 Å². The van der Waals surface area contributed by atoms with Gasteiger partial charge < -0.3 is 9.59 Å². The molecule has 0 aliphatic rings. The van der Waals surface area contributed by atoms with Crippen LogP contribution in [0.5, 0.6) is 0 Å². The van der Waals surface area contributed by atoms with Crippen molar-refractivity contribution in [3.8, 4) is 11.1 Å². The molecule has 254 valence electrons. The molecule has 8 rings (SSSR count). The fourth-order valence-corrected chi connectivity index (χ4v) is 12.2. The van der Waals surface area contributed by atoms with Gasteiger partial charge in [-0.05, 0) is 66.5 Å². The Balaban J connectivity index is 0.000000138. The van der Waals surface area contributed by atoms with Crippen molar-refractivity contribution in [1.29, 1.82) is 0 Å². The molecule has 0 unspecified atom stereocenters. The average molecular weight is 709 g/mol. The van der Waals surface area contributed by atoms with Gasteiger partial charge >= 0.3 is 0 Å². The lowest BCUT2D eigenvalue weighted by Crippen LogP contribution is -2.67. The van der Waals surface area contributed by atoms with E-state index < -0.39 is 16.6 Å². The molecule has 2 N–H and O–H groups in total. The minimum Gasteiger partial charge on any atom is -0.421 e. The zero-order valence-corrected chi connectivity index (χ0v) is 30.7. The fraction of sp³-hybridized carbons (Fsp3) is 0. The number of aromatic nitrogens is 2. The third-order valence-electron chi connectivity index (χ3n) is 8.84. The number of pyridine rings is 2. The topological polar surface area (TPSA) is 66.2 Å². The molecule has 0 atom stereocenters. The summed E-state index contributed by atoms with van der Waals surface area (Å²) in [6.45, 7) is 0. The van der Waals surface area contributed by atoms with E-state index in [0.29, 0.717) is 0 Å². The maximum absolute atomic E-state index is 11.6. The van der Waals surface area contributed by atoms with Gasteiger partial charge in [0.05, 0.1) is 0 Å². The zero-order chi connectivity index (χ0) is 35.9. The van der Waals surface area contributed by atoms with Gasteiger partial charge in [0.15, 0.2) is 0 Å². The first-order chi connectivity index (χ1) is 25.6. The summed E-state index contributed by atoms with van der Waals surface area (Å²) < 4.78 is 0. The van der Waals surface area contributed by atoms with E-state index in [9.17, 15) is 9.59 Å². The number of hydrogen-bond donors (Lipinski definition) is 2. The molecule has 6 aromatic carbocycles. The molecule has 0 amide bonds. The lowest BCUT2D eigenvalue weighted by atomic mass is 10.1. The molecular weight excluding hydrogens is 669 g/mol. The summed E-state index contributed by atoms with van der Waals surface area (Å²) in [5.41, 5.74) is 2.35. The van der Waals surface area contributed by atoms with Crippen molar-refractivity contribution in [3.05, 3.63) is 231 Å². The molecule has 0 fully saturated rings. The first-order valence-electron chi connectivity index (χ1n) is 17.2. The first kappa shape index (κ1) is 35.8. The predicted octanol–water partition coefficient (Wildman–Crippen LogP) is 5.44.